The van der Waals surface area contributed by atoms with E-state index < -0.39 is 11.5 Å². The van der Waals surface area contributed by atoms with Crippen LogP contribution in [0, 0.1) is 11.3 Å². The smallest absolute Gasteiger partial charge is 0.242 e. The van der Waals surface area contributed by atoms with Crippen molar-refractivity contribution in [1.82, 2.24) is 16.0 Å². The molecule has 7 nitrogen and oxygen atoms in total. The average Bonchev–Trinajstić information content (AvgIpc) is 2.49. The van der Waals surface area contributed by atoms with Crippen LogP contribution in [0.25, 0.3) is 0 Å². The van der Waals surface area contributed by atoms with Gasteiger partial charge in [-0.15, -0.1) is 0 Å². The second-order valence-corrected chi connectivity index (χ2v) is 7.47. The van der Waals surface area contributed by atoms with Crippen molar-refractivity contribution in [3.05, 3.63) is 0 Å². The molecule has 0 fully saturated rings. The van der Waals surface area contributed by atoms with Crippen LogP contribution < -0.4 is 16.0 Å². The highest BCUT2D eigenvalue weighted by Gasteiger charge is 2.28. The Morgan fingerprint density at radius 3 is 2.20 bits per heavy atom. The van der Waals surface area contributed by atoms with Crippen LogP contribution in [0.5, 0.6) is 0 Å². The molecule has 0 aromatic heterocycles. The lowest BCUT2D eigenvalue weighted by molar-refractivity contribution is -0.131. The zero-order valence-electron chi connectivity index (χ0n) is 16.7. The molecule has 2 atom stereocenters. The van der Waals surface area contributed by atoms with Gasteiger partial charge in [0.25, 0.3) is 0 Å². The number of carbonyl (C=O) groups is 3. The number of carbonyl (C=O) groups excluding carboxylic acids is 3. The summed E-state index contributed by atoms with van der Waals surface area (Å²) in [5.41, 5.74) is -0.521. The van der Waals surface area contributed by atoms with Gasteiger partial charge in [-0.05, 0) is 32.6 Å². The molecule has 146 valence electrons. The first-order valence-electron chi connectivity index (χ1n) is 8.88. The summed E-state index contributed by atoms with van der Waals surface area (Å²) >= 11 is 0. The van der Waals surface area contributed by atoms with Crippen LogP contribution in [0.2, 0.25) is 0 Å². The fourth-order valence-electron chi connectivity index (χ4n) is 2.31. The third-order valence-corrected chi connectivity index (χ3v) is 3.98. The van der Waals surface area contributed by atoms with Crippen molar-refractivity contribution in [3.8, 4) is 0 Å². The van der Waals surface area contributed by atoms with Gasteiger partial charge in [0.15, 0.2) is 0 Å². The van der Waals surface area contributed by atoms with E-state index in [-0.39, 0.29) is 29.7 Å². The first-order chi connectivity index (χ1) is 11.5. The van der Waals surface area contributed by atoms with Gasteiger partial charge in [0, 0.05) is 32.5 Å². The number of hydrogen-bond donors (Lipinski definition) is 3. The Balaban J connectivity index is 4.45. The summed E-state index contributed by atoms with van der Waals surface area (Å²) in [6, 6.07) is -0.596. The van der Waals surface area contributed by atoms with Gasteiger partial charge in [-0.3, -0.25) is 14.4 Å². The van der Waals surface area contributed by atoms with Crippen molar-refractivity contribution >= 4 is 17.7 Å². The molecular formula is C18H35N3O4. The van der Waals surface area contributed by atoms with Crippen LogP contribution >= 0.6 is 0 Å². The highest BCUT2D eigenvalue weighted by molar-refractivity contribution is 5.86. The van der Waals surface area contributed by atoms with Crippen molar-refractivity contribution in [2.45, 2.75) is 66.5 Å². The van der Waals surface area contributed by atoms with E-state index in [9.17, 15) is 14.4 Å². The minimum Gasteiger partial charge on any atom is -0.379 e. The lowest BCUT2D eigenvalue weighted by Crippen LogP contribution is -2.47. The molecule has 0 spiro atoms. The largest absolute Gasteiger partial charge is 0.379 e. The molecule has 0 radical (unpaired) electrons. The van der Waals surface area contributed by atoms with Crippen LogP contribution in [0.1, 0.15) is 54.4 Å². The maximum atomic E-state index is 12.4. The maximum Gasteiger partial charge on any atom is 0.242 e. The van der Waals surface area contributed by atoms with E-state index in [1.54, 1.807) is 0 Å². The van der Waals surface area contributed by atoms with E-state index in [2.05, 4.69) is 16.0 Å². The van der Waals surface area contributed by atoms with Crippen LogP contribution in [0.4, 0.5) is 0 Å². The topological polar surface area (TPSA) is 96.5 Å². The second kappa shape index (κ2) is 11.1. The molecule has 0 saturated carbocycles. The van der Waals surface area contributed by atoms with Gasteiger partial charge in [0.1, 0.15) is 6.04 Å². The molecule has 3 N–H and O–H groups in total. The molecular weight excluding hydrogens is 322 g/mol. The Kier molecular flexibility index (Phi) is 10.4. The van der Waals surface area contributed by atoms with Gasteiger partial charge < -0.3 is 20.7 Å². The molecule has 0 saturated heterocycles. The summed E-state index contributed by atoms with van der Waals surface area (Å²) in [6.07, 6.45) is 1.24. The average molecular weight is 357 g/mol. The standard InChI is InChI=1S/C18H35N3O4/c1-12(2)25-9-8-18(5,6)17(24)20-11-13(3)10-15(16(23)19-7)21-14(4)22/h12-13,15H,8-11H2,1-7H3,(H,19,23)(H,20,24)(H,21,22)/t13?,15-/m0/s1. The van der Waals surface area contributed by atoms with Crippen LogP contribution in [0.3, 0.4) is 0 Å². The van der Waals surface area contributed by atoms with Gasteiger partial charge in [0.2, 0.25) is 17.7 Å². The SMILES string of the molecule is CNC(=O)[C@H](CC(C)CNC(=O)C(C)(C)CCOC(C)C)NC(C)=O. The number of amides is 3. The number of likely N-dealkylation sites (N-methyl/N-ethyl adjacent to an activating group) is 1. The molecule has 25 heavy (non-hydrogen) atoms. The van der Waals surface area contributed by atoms with E-state index in [1.165, 1.54) is 14.0 Å². The predicted octanol–water partition coefficient (Wildman–Crippen LogP) is 1.22. The molecule has 0 heterocycles. The number of nitrogens with one attached hydrogen (secondary N) is 3. The summed E-state index contributed by atoms with van der Waals surface area (Å²) < 4.78 is 5.52. The molecule has 0 rings (SSSR count). The molecule has 0 aliphatic heterocycles. The molecule has 0 bridgehead atoms. The van der Waals surface area contributed by atoms with Crippen molar-refractivity contribution in [2.24, 2.45) is 11.3 Å². The van der Waals surface area contributed by atoms with E-state index >= 15 is 0 Å². The Morgan fingerprint density at radius 1 is 1.12 bits per heavy atom. The molecule has 0 aromatic carbocycles. The molecule has 0 aliphatic rings. The van der Waals surface area contributed by atoms with E-state index in [1.807, 2.05) is 34.6 Å². The predicted molar refractivity (Wildman–Crippen MR) is 97.9 cm³/mol. The van der Waals surface area contributed by atoms with Gasteiger partial charge in [-0.1, -0.05) is 20.8 Å². The van der Waals surface area contributed by atoms with E-state index in [4.69, 9.17) is 4.74 Å². The normalized spacial score (nSPS) is 13.9. The summed E-state index contributed by atoms with van der Waals surface area (Å²) in [5, 5.41) is 8.12. The zero-order valence-corrected chi connectivity index (χ0v) is 16.7. The lowest BCUT2D eigenvalue weighted by atomic mass is 9.88. The Labute approximate surface area is 151 Å². The maximum absolute atomic E-state index is 12.4. The second-order valence-electron chi connectivity index (χ2n) is 7.47. The quantitative estimate of drug-likeness (QED) is 0.518. The Bertz CT molecular complexity index is 450. The number of ether oxygens (including phenoxy) is 1. The van der Waals surface area contributed by atoms with Crippen LogP contribution in [0.15, 0.2) is 0 Å². The molecule has 7 heteroatoms. The van der Waals surface area contributed by atoms with Gasteiger partial charge in [-0.25, -0.2) is 0 Å². The zero-order chi connectivity index (χ0) is 19.6. The lowest BCUT2D eigenvalue weighted by Gasteiger charge is -2.26. The molecule has 1 unspecified atom stereocenters. The van der Waals surface area contributed by atoms with Crippen LogP contribution in [-0.2, 0) is 19.1 Å². The van der Waals surface area contributed by atoms with Crippen LogP contribution in [-0.4, -0.2) is 50.1 Å². The van der Waals surface area contributed by atoms with E-state index in [0.29, 0.717) is 26.0 Å². The first-order valence-corrected chi connectivity index (χ1v) is 8.88. The Hall–Kier alpha value is -1.63. The minimum atomic E-state index is -0.596. The first kappa shape index (κ1) is 23.4. The molecule has 3 amide bonds. The fraction of sp³-hybridized carbons (Fsp3) is 0.833. The van der Waals surface area contributed by atoms with Crippen molar-refractivity contribution < 1.29 is 19.1 Å². The third-order valence-electron chi connectivity index (χ3n) is 3.98. The van der Waals surface area contributed by atoms with Gasteiger partial charge >= 0.3 is 0 Å². The van der Waals surface area contributed by atoms with Gasteiger partial charge in [0.05, 0.1) is 6.10 Å². The molecule has 0 aromatic rings. The Morgan fingerprint density at radius 2 is 1.72 bits per heavy atom. The summed E-state index contributed by atoms with van der Waals surface area (Å²) in [5.74, 6) is -0.487. The third kappa shape index (κ3) is 10.1. The highest BCUT2D eigenvalue weighted by Crippen LogP contribution is 2.21. The summed E-state index contributed by atoms with van der Waals surface area (Å²) in [7, 11) is 1.53. The summed E-state index contributed by atoms with van der Waals surface area (Å²) in [6.45, 7) is 12.0. The summed E-state index contributed by atoms with van der Waals surface area (Å²) in [4.78, 5) is 35.4. The van der Waals surface area contributed by atoms with Crippen molar-refractivity contribution in [3.63, 3.8) is 0 Å². The van der Waals surface area contributed by atoms with Crippen molar-refractivity contribution in [2.75, 3.05) is 20.2 Å². The fourth-order valence-corrected chi connectivity index (χ4v) is 2.31. The minimum absolute atomic E-state index is 0.0391. The van der Waals surface area contributed by atoms with E-state index in [0.717, 1.165) is 0 Å². The molecule has 0 aliphatic carbocycles. The number of rotatable bonds is 11. The monoisotopic (exact) mass is 357 g/mol. The van der Waals surface area contributed by atoms with Crippen molar-refractivity contribution in [1.29, 1.82) is 0 Å². The number of hydrogen-bond acceptors (Lipinski definition) is 4. The highest BCUT2D eigenvalue weighted by atomic mass is 16.5. The van der Waals surface area contributed by atoms with Gasteiger partial charge in [-0.2, -0.15) is 0 Å².